The highest BCUT2D eigenvalue weighted by molar-refractivity contribution is 6.34. The molecule has 8 heteroatoms. The van der Waals surface area contributed by atoms with E-state index in [0.29, 0.717) is 39.1 Å². The number of benzene rings is 2. The highest BCUT2D eigenvalue weighted by Gasteiger charge is 2.26. The van der Waals surface area contributed by atoms with Crippen molar-refractivity contribution in [1.82, 2.24) is 0 Å². The van der Waals surface area contributed by atoms with Gasteiger partial charge in [-0.2, -0.15) is 0 Å². The van der Waals surface area contributed by atoms with E-state index < -0.39 is 5.97 Å². The first-order valence-corrected chi connectivity index (χ1v) is 8.55. The second kappa shape index (κ2) is 8.22. The first kappa shape index (κ1) is 19.6. The lowest BCUT2D eigenvalue weighted by Crippen LogP contribution is -2.06. The van der Waals surface area contributed by atoms with Gasteiger partial charge < -0.3 is 23.7 Å². The third-order valence-corrected chi connectivity index (χ3v) is 4.37. The van der Waals surface area contributed by atoms with Crippen LogP contribution in [0.1, 0.15) is 11.1 Å². The largest absolute Gasteiger partial charge is 0.497 e. The van der Waals surface area contributed by atoms with E-state index >= 15 is 0 Å². The van der Waals surface area contributed by atoms with Crippen LogP contribution in [0.15, 0.2) is 41.0 Å². The van der Waals surface area contributed by atoms with Gasteiger partial charge in [0.2, 0.25) is 5.90 Å². The predicted octanol–water partition coefficient (Wildman–Crippen LogP) is 3.72. The van der Waals surface area contributed by atoms with Crippen LogP contribution < -0.4 is 18.9 Å². The van der Waals surface area contributed by atoms with E-state index in [2.05, 4.69) is 4.99 Å². The van der Waals surface area contributed by atoms with E-state index in [1.807, 2.05) is 0 Å². The Morgan fingerprint density at radius 3 is 2.21 bits per heavy atom. The summed E-state index contributed by atoms with van der Waals surface area (Å²) in [6, 6.07) is 8.35. The minimum Gasteiger partial charge on any atom is -0.497 e. The van der Waals surface area contributed by atoms with Gasteiger partial charge in [-0.15, -0.1) is 0 Å². The van der Waals surface area contributed by atoms with Gasteiger partial charge in [0, 0.05) is 11.6 Å². The van der Waals surface area contributed by atoms with Crippen LogP contribution in [0.3, 0.4) is 0 Å². The average molecular weight is 404 g/mol. The molecule has 1 heterocycles. The zero-order chi connectivity index (χ0) is 20.3. The van der Waals surface area contributed by atoms with Crippen molar-refractivity contribution in [3.63, 3.8) is 0 Å². The lowest BCUT2D eigenvalue weighted by molar-refractivity contribution is -0.129. The quantitative estimate of drug-likeness (QED) is 0.540. The number of hydrogen-bond donors (Lipinski definition) is 0. The Hall–Kier alpha value is -3.19. The summed E-state index contributed by atoms with van der Waals surface area (Å²) < 4.78 is 26.3. The van der Waals surface area contributed by atoms with Crippen molar-refractivity contribution >= 4 is 29.5 Å². The smallest absolute Gasteiger partial charge is 0.363 e. The molecule has 0 aromatic heterocycles. The summed E-state index contributed by atoms with van der Waals surface area (Å²) in [7, 11) is 6.10. The van der Waals surface area contributed by atoms with E-state index in [0.717, 1.165) is 0 Å². The van der Waals surface area contributed by atoms with Crippen LogP contribution in [0.25, 0.3) is 6.08 Å². The molecule has 0 radical (unpaired) electrons. The zero-order valence-corrected chi connectivity index (χ0v) is 16.5. The van der Waals surface area contributed by atoms with Gasteiger partial charge in [-0.25, -0.2) is 9.79 Å². The van der Waals surface area contributed by atoms with Crippen molar-refractivity contribution in [2.45, 2.75) is 0 Å². The number of hydrogen-bond acceptors (Lipinski definition) is 7. The molecule has 28 heavy (non-hydrogen) atoms. The van der Waals surface area contributed by atoms with E-state index in [4.69, 9.17) is 35.3 Å². The molecule has 0 bridgehead atoms. The lowest BCUT2D eigenvalue weighted by Gasteiger charge is -2.12. The monoisotopic (exact) mass is 403 g/mol. The summed E-state index contributed by atoms with van der Waals surface area (Å²) in [5, 5.41) is 0.357. The van der Waals surface area contributed by atoms with E-state index in [1.165, 1.54) is 28.4 Å². The maximum Gasteiger partial charge on any atom is 0.363 e. The molecule has 2 aromatic rings. The molecule has 0 aliphatic carbocycles. The summed E-state index contributed by atoms with van der Waals surface area (Å²) in [4.78, 5) is 16.6. The molecule has 7 nitrogen and oxygen atoms in total. The molecular weight excluding hydrogens is 386 g/mol. The molecule has 3 rings (SSSR count). The molecule has 0 saturated carbocycles. The molecule has 0 unspecified atom stereocenters. The number of rotatable bonds is 6. The van der Waals surface area contributed by atoms with Crippen LogP contribution in [-0.2, 0) is 9.53 Å². The fraction of sp³-hybridized carbons (Fsp3) is 0.200. The second-order valence-electron chi connectivity index (χ2n) is 5.63. The van der Waals surface area contributed by atoms with Gasteiger partial charge in [0.15, 0.2) is 17.2 Å². The van der Waals surface area contributed by atoms with Gasteiger partial charge in [-0.1, -0.05) is 11.6 Å². The Balaban J connectivity index is 2.02. The van der Waals surface area contributed by atoms with E-state index in [9.17, 15) is 4.79 Å². The van der Waals surface area contributed by atoms with Gasteiger partial charge in [0.25, 0.3) is 0 Å². The SMILES string of the molecule is COc1ccc(C2=N/C(=C/c3cc(OC)c(OC)cc3OC)C(=O)O2)c(Cl)c1. The highest BCUT2D eigenvalue weighted by atomic mass is 35.5. The molecule has 0 spiro atoms. The molecule has 0 atom stereocenters. The maximum atomic E-state index is 12.3. The first-order chi connectivity index (χ1) is 13.5. The lowest BCUT2D eigenvalue weighted by atomic mass is 10.1. The van der Waals surface area contributed by atoms with Crippen LogP contribution in [0.5, 0.6) is 23.0 Å². The summed E-state index contributed by atoms with van der Waals surface area (Å²) in [6.45, 7) is 0. The Labute approximate surface area is 167 Å². The topological polar surface area (TPSA) is 75.6 Å². The summed E-state index contributed by atoms with van der Waals surface area (Å²) >= 11 is 6.24. The van der Waals surface area contributed by atoms with Crippen molar-refractivity contribution in [3.05, 3.63) is 52.2 Å². The van der Waals surface area contributed by atoms with Gasteiger partial charge >= 0.3 is 5.97 Å². The average Bonchev–Trinajstić information content (AvgIpc) is 3.07. The van der Waals surface area contributed by atoms with Crippen molar-refractivity contribution in [2.24, 2.45) is 4.99 Å². The molecular formula is C20H18ClNO6. The highest BCUT2D eigenvalue weighted by Crippen LogP contribution is 2.36. The second-order valence-corrected chi connectivity index (χ2v) is 6.04. The third kappa shape index (κ3) is 3.75. The van der Waals surface area contributed by atoms with Crippen molar-refractivity contribution in [1.29, 1.82) is 0 Å². The first-order valence-electron chi connectivity index (χ1n) is 8.17. The van der Waals surface area contributed by atoms with Crippen LogP contribution in [-0.4, -0.2) is 40.3 Å². The Bertz CT molecular complexity index is 983. The number of carbonyl (C=O) groups excluding carboxylic acids is 1. The van der Waals surface area contributed by atoms with Gasteiger partial charge in [0.1, 0.15) is 11.5 Å². The fourth-order valence-electron chi connectivity index (χ4n) is 2.63. The van der Waals surface area contributed by atoms with Crippen LogP contribution >= 0.6 is 11.6 Å². The number of methoxy groups -OCH3 is 4. The normalized spacial score (nSPS) is 14.5. The van der Waals surface area contributed by atoms with Gasteiger partial charge in [-0.3, -0.25) is 0 Å². The van der Waals surface area contributed by atoms with Crippen LogP contribution in [0, 0.1) is 0 Å². The molecule has 0 amide bonds. The maximum absolute atomic E-state index is 12.3. The fourth-order valence-corrected chi connectivity index (χ4v) is 2.88. The van der Waals surface area contributed by atoms with Crippen molar-refractivity contribution < 1.29 is 28.5 Å². The minimum atomic E-state index is -0.598. The molecule has 1 aliphatic rings. The van der Waals surface area contributed by atoms with Crippen molar-refractivity contribution in [3.8, 4) is 23.0 Å². The standard InChI is InChI=1S/C20H18ClNO6/c1-24-12-5-6-13(14(21)9-12)19-22-15(20(23)28-19)7-11-8-17(26-3)18(27-4)10-16(11)25-2/h5-10H,1-4H3/b15-7+. The Kier molecular flexibility index (Phi) is 5.75. The molecule has 2 aromatic carbocycles. The predicted molar refractivity (Wildman–Crippen MR) is 105 cm³/mol. The van der Waals surface area contributed by atoms with E-state index in [1.54, 1.807) is 36.4 Å². The molecule has 146 valence electrons. The van der Waals surface area contributed by atoms with Crippen LogP contribution in [0.2, 0.25) is 5.02 Å². The number of halogens is 1. The molecule has 0 fully saturated rings. The Morgan fingerprint density at radius 1 is 0.929 bits per heavy atom. The summed E-state index contributed by atoms with van der Waals surface area (Å²) in [5.41, 5.74) is 1.17. The van der Waals surface area contributed by atoms with Crippen LogP contribution in [0.4, 0.5) is 0 Å². The van der Waals surface area contributed by atoms with Gasteiger partial charge in [0.05, 0.1) is 39.0 Å². The molecule has 0 N–H and O–H groups in total. The number of cyclic esters (lactones) is 1. The molecule has 1 aliphatic heterocycles. The number of nitrogens with zero attached hydrogens (tertiary/aromatic N) is 1. The van der Waals surface area contributed by atoms with Gasteiger partial charge in [-0.05, 0) is 30.3 Å². The number of esters is 1. The van der Waals surface area contributed by atoms with E-state index in [-0.39, 0.29) is 11.6 Å². The number of carbonyl (C=O) groups is 1. The number of ether oxygens (including phenoxy) is 5. The third-order valence-electron chi connectivity index (χ3n) is 4.06. The minimum absolute atomic E-state index is 0.104. The van der Waals surface area contributed by atoms with Crippen molar-refractivity contribution in [2.75, 3.05) is 28.4 Å². The zero-order valence-electron chi connectivity index (χ0n) is 15.7. The number of aliphatic imine (C=N–C) groups is 1. The summed E-state index contributed by atoms with van der Waals surface area (Å²) in [6.07, 6.45) is 1.55. The Morgan fingerprint density at radius 2 is 1.61 bits per heavy atom. The molecule has 0 saturated heterocycles. The summed E-state index contributed by atoms with van der Waals surface area (Å²) in [5.74, 6) is 1.59.